The fraction of sp³-hybridized carbons (Fsp3) is 0.276. The van der Waals surface area contributed by atoms with E-state index >= 15 is 0 Å². The van der Waals surface area contributed by atoms with Crippen LogP contribution in [-0.4, -0.2) is 49.0 Å². The van der Waals surface area contributed by atoms with Crippen molar-refractivity contribution in [1.82, 2.24) is 9.88 Å². The largest absolute Gasteiger partial charge is 0.497 e. The molecule has 7 nitrogen and oxygen atoms in total. The number of nitrogens with zero attached hydrogens (tertiary/aromatic N) is 2. The number of carbonyl (C=O) groups is 2. The number of likely N-dealkylation sites (tertiary alicyclic amines) is 1. The van der Waals surface area contributed by atoms with E-state index in [1.54, 1.807) is 61.6 Å². The molecule has 1 aromatic heterocycles. The van der Waals surface area contributed by atoms with Gasteiger partial charge in [0.2, 0.25) is 0 Å². The highest BCUT2D eigenvalue weighted by Gasteiger charge is 2.23. The van der Waals surface area contributed by atoms with Crippen LogP contribution in [0, 0.1) is 0 Å². The molecular weight excluding hydrogens is 518 g/mol. The van der Waals surface area contributed by atoms with Crippen molar-refractivity contribution in [1.29, 1.82) is 0 Å². The Labute approximate surface area is 230 Å². The van der Waals surface area contributed by atoms with Gasteiger partial charge in [0.25, 0.3) is 11.8 Å². The molecule has 0 bridgehead atoms. The van der Waals surface area contributed by atoms with E-state index in [4.69, 9.17) is 14.5 Å². The van der Waals surface area contributed by atoms with Gasteiger partial charge in [-0.05, 0) is 67.8 Å². The Morgan fingerprint density at radius 3 is 2.53 bits per heavy atom. The Morgan fingerprint density at radius 1 is 0.974 bits per heavy atom. The Balaban J connectivity index is 1.30. The number of benzene rings is 3. The highest BCUT2D eigenvalue weighted by molar-refractivity contribution is 8.00. The van der Waals surface area contributed by atoms with Crippen molar-refractivity contribution >= 4 is 50.8 Å². The number of anilines is 1. The molecule has 2 heterocycles. The molecule has 1 fully saturated rings. The SMILES string of the molecule is COc1ccc(OC)c(CSc2nc3ccc(NC(=O)c4ccccc4C(=O)N4CCCCC4)cc3s2)c1. The van der Waals surface area contributed by atoms with Gasteiger partial charge in [0, 0.05) is 30.1 Å². The second kappa shape index (κ2) is 11.9. The lowest BCUT2D eigenvalue weighted by Gasteiger charge is -2.27. The van der Waals surface area contributed by atoms with E-state index in [0.717, 1.165) is 64.0 Å². The van der Waals surface area contributed by atoms with E-state index in [0.29, 0.717) is 22.6 Å². The minimum absolute atomic E-state index is 0.0808. The van der Waals surface area contributed by atoms with Crippen molar-refractivity contribution in [2.75, 3.05) is 32.6 Å². The maximum absolute atomic E-state index is 13.2. The summed E-state index contributed by atoms with van der Waals surface area (Å²) in [5.41, 5.74) is 3.39. The summed E-state index contributed by atoms with van der Waals surface area (Å²) in [5, 5.41) is 2.98. The Morgan fingerprint density at radius 2 is 1.76 bits per heavy atom. The zero-order valence-corrected chi connectivity index (χ0v) is 23.0. The number of rotatable bonds is 8. The molecule has 1 saturated heterocycles. The summed E-state index contributed by atoms with van der Waals surface area (Å²) in [4.78, 5) is 32.9. The third-order valence-electron chi connectivity index (χ3n) is 6.51. The molecule has 0 aliphatic carbocycles. The van der Waals surface area contributed by atoms with E-state index in [1.807, 2.05) is 41.3 Å². The van der Waals surface area contributed by atoms with Crippen LogP contribution >= 0.6 is 23.1 Å². The fourth-order valence-corrected chi connectivity index (χ4v) is 6.60. The standard InChI is InChI=1S/C29H29N3O4S2/c1-35-21-11-13-25(36-2)19(16-21)18-37-29-31-24-12-10-20(17-26(24)38-29)30-27(33)22-8-4-5-9-23(22)28(34)32-14-6-3-7-15-32/h4-5,8-13,16-17H,3,6-7,14-15,18H2,1-2H3,(H,30,33). The molecule has 0 radical (unpaired) electrons. The van der Waals surface area contributed by atoms with Gasteiger partial charge in [-0.1, -0.05) is 23.9 Å². The number of methoxy groups -OCH3 is 2. The van der Waals surface area contributed by atoms with Crippen LogP contribution in [0.25, 0.3) is 10.2 Å². The maximum atomic E-state index is 13.2. The van der Waals surface area contributed by atoms with Gasteiger partial charge in [0.1, 0.15) is 11.5 Å². The third kappa shape index (κ3) is 5.79. The summed E-state index contributed by atoms with van der Waals surface area (Å²) in [7, 11) is 3.30. The number of piperidine rings is 1. The normalized spacial score (nSPS) is 13.4. The lowest BCUT2D eigenvalue weighted by atomic mass is 10.0. The lowest BCUT2D eigenvalue weighted by Crippen LogP contribution is -2.36. The first-order chi connectivity index (χ1) is 18.6. The number of thiazole rings is 1. The first-order valence-electron chi connectivity index (χ1n) is 12.5. The highest BCUT2D eigenvalue weighted by Crippen LogP contribution is 2.35. The zero-order chi connectivity index (χ0) is 26.5. The number of nitrogens with one attached hydrogen (secondary N) is 1. The summed E-state index contributed by atoms with van der Waals surface area (Å²) in [6.07, 6.45) is 3.14. The van der Waals surface area contributed by atoms with Gasteiger partial charge < -0.3 is 19.7 Å². The molecule has 0 atom stereocenters. The first-order valence-corrected chi connectivity index (χ1v) is 14.3. The van der Waals surface area contributed by atoms with Gasteiger partial charge >= 0.3 is 0 Å². The monoisotopic (exact) mass is 547 g/mol. The fourth-order valence-electron chi connectivity index (χ4n) is 4.51. The average Bonchev–Trinajstić information content (AvgIpc) is 3.38. The molecule has 38 heavy (non-hydrogen) atoms. The molecule has 0 unspecified atom stereocenters. The zero-order valence-electron chi connectivity index (χ0n) is 21.4. The number of hydrogen-bond acceptors (Lipinski definition) is 7. The predicted octanol–water partition coefficient (Wildman–Crippen LogP) is 6.48. The number of fused-ring (bicyclic) bond motifs is 1. The molecule has 4 aromatic rings. The minimum Gasteiger partial charge on any atom is -0.497 e. The van der Waals surface area contributed by atoms with Crippen LogP contribution in [-0.2, 0) is 5.75 Å². The number of ether oxygens (including phenoxy) is 2. The number of hydrogen-bond donors (Lipinski definition) is 1. The second-order valence-electron chi connectivity index (χ2n) is 8.98. The number of amides is 2. The molecule has 9 heteroatoms. The van der Waals surface area contributed by atoms with Crippen molar-refractivity contribution in [2.45, 2.75) is 29.4 Å². The summed E-state index contributed by atoms with van der Waals surface area (Å²) < 4.78 is 12.7. The topological polar surface area (TPSA) is 80.8 Å². The molecule has 5 rings (SSSR count). The van der Waals surface area contributed by atoms with E-state index in [-0.39, 0.29) is 11.8 Å². The second-order valence-corrected chi connectivity index (χ2v) is 11.2. The molecule has 0 saturated carbocycles. The Bertz CT molecular complexity index is 1460. The van der Waals surface area contributed by atoms with Crippen LogP contribution in [0.15, 0.2) is 65.0 Å². The average molecular weight is 548 g/mol. The molecular formula is C29H29N3O4S2. The van der Waals surface area contributed by atoms with Gasteiger partial charge in [0.15, 0.2) is 4.34 Å². The maximum Gasteiger partial charge on any atom is 0.256 e. The molecule has 2 amide bonds. The van der Waals surface area contributed by atoms with Crippen molar-refractivity contribution < 1.29 is 19.1 Å². The van der Waals surface area contributed by atoms with Crippen molar-refractivity contribution in [3.63, 3.8) is 0 Å². The van der Waals surface area contributed by atoms with Crippen molar-refractivity contribution in [2.24, 2.45) is 0 Å². The number of carbonyl (C=O) groups excluding carboxylic acids is 2. The summed E-state index contributed by atoms with van der Waals surface area (Å²) in [5.74, 6) is 1.90. The number of thioether (sulfide) groups is 1. The predicted molar refractivity (Wildman–Crippen MR) is 153 cm³/mol. The first kappa shape index (κ1) is 26.1. The quantitative estimate of drug-likeness (QED) is 0.254. The molecule has 1 N–H and O–H groups in total. The highest BCUT2D eigenvalue weighted by atomic mass is 32.2. The summed E-state index contributed by atoms with van der Waals surface area (Å²) in [6, 6.07) is 18.5. The van der Waals surface area contributed by atoms with Crippen molar-refractivity contribution in [3.05, 3.63) is 77.4 Å². The van der Waals surface area contributed by atoms with E-state index < -0.39 is 0 Å². The van der Waals surface area contributed by atoms with Crippen LogP contribution in [0.2, 0.25) is 0 Å². The van der Waals surface area contributed by atoms with Crippen LogP contribution in [0.3, 0.4) is 0 Å². The van der Waals surface area contributed by atoms with Gasteiger partial charge in [0.05, 0.1) is 35.6 Å². The van der Waals surface area contributed by atoms with Gasteiger partial charge in [-0.25, -0.2) is 4.98 Å². The van der Waals surface area contributed by atoms with Crippen LogP contribution < -0.4 is 14.8 Å². The van der Waals surface area contributed by atoms with Gasteiger partial charge in [-0.2, -0.15) is 0 Å². The molecule has 1 aliphatic rings. The molecule has 196 valence electrons. The smallest absolute Gasteiger partial charge is 0.256 e. The van der Waals surface area contributed by atoms with E-state index in [1.165, 1.54) is 0 Å². The Hall–Kier alpha value is -3.56. The van der Waals surface area contributed by atoms with Crippen molar-refractivity contribution in [3.8, 4) is 11.5 Å². The van der Waals surface area contributed by atoms with Gasteiger partial charge in [-0.3, -0.25) is 9.59 Å². The number of aromatic nitrogens is 1. The molecule has 3 aromatic carbocycles. The summed E-state index contributed by atoms with van der Waals surface area (Å²) in [6.45, 7) is 1.48. The summed E-state index contributed by atoms with van der Waals surface area (Å²) >= 11 is 3.20. The molecule has 1 aliphatic heterocycles. The van der Waals surface area contributed by atoms with E-state index in [9.17, 15) is 9.59 Å². The van der Waals surface area contributed by atoms with Crippen LogP contribution in [0.1, 0.15) is 45.5 Å². The van der Waals surface area contributed by atoms with Crippen LogP contribution in [0.5, 0.6) is 11.5 Å². The van der Waals surface area contributed by atoms with E-state index in [2.05, 4.69) is 5.32 Å². The van der Waals surface area contributed by atoms with Gasteiger partial charge in [-0.15, -0.1) is 11.3 Å². The third-order valence-corrected chi connectivity index (χ3v) is 8.72. The lowest BCUT2D eigenvalue weighted by molar-refractivity contribution is 0.0720. The molecule has 0 spiro atoms. The Kier molecular flexibility index (Phi) is 8.14. The van der Waals surface area contributed by atoms with Crippen LogP contribution in [0.4, 0.5) is 5.69 Å². The minimum atomic E-state index is -0.297.